The fourth-order valence-corrected chi connectivity index (χ4v) is 1.88. The summed E-state index contributed by atoms with van der Waals surface area (Å²) in [6, 6.07) is 4.68. The van der Waals surface area contributed by atoms with Gasteiger partial charge in [-0.05, 0) is 30.4 Å². The first-order valence-electron chi connectivity index (χ1n) is 6.19. The third-order valence-corrected chi connectivity index (χ3v) is 3.78. The molecule has 0 bridgehead atoms. The Hall–Kier alpha value is -1.20. The SMILES string of the molecule is CCC(C)c1cccc(C(C)(C(F)(F)F)C(F)(F)F)c1. The summed E-state index contributed by atoms with van der Waals surface area (Å²) >= 11 is 0. The highest BCUT2D eigenvalue weighted by atomic mass is 19.4. The van der Waals surface area contributed by atoms with Gasteiger partial charge < -0.3 is 0 Å². The zero-order chi connectivity index (χ0) is 15.8. The van der Waals surface area contributed by atoms with E-state index in [1.807, 2.05) is 6.92 Å². The molecule has 0 N–H and O–H groups in total. The molecule has 1 unspecified atom stereocenters. The molecule has 0 fully saturated rings. The van der Waals surface area contributed by atoms with Gasteiger partial charge in [-0.3, -0.25) is 0 Å². The number of halogens is 6. The summed E-state index contributed by atoms with van der Waals surface area (Å²) in [4.78, 5) is 0. The van der Waals surface area contributed by atoms with Crippen LogP contribution in [-0.2, 0) is 5.41 Å². The predicted octanol–water partition coefficient (Wildman–Crippen LogP) is 5.58. The van der Waals surface area contributed by atoms with E-state index in [0.717, 1.165) is 12.1 Å². The van der Waals surface area contributed by atoms with Gasteiger partial charge >= 0.3 is 12.4 Å². The average molecular weight is 298 g/mol. The number of benzene rings is 1. The van der Waals surface area contributed by atoms with Crippen LogP contribution in [0.2, 0.25) is 0 Å². The van der Waals surface area contributed by atoms with Crippen LogP contribution < -0.4 is 0 Å². The molecular weight excluding hydrogens is 282 g/mol. The maximum Gasteiger partial charge on any atom is 0.406 e. The van der Waals surface area contributed by atoms with Gasteiger partial charge in [-0.2, -0.15) is 26.3 Å². The van der Waals surface area contributed by atoms with Crippen molar-refractivity contribution in [1.29, 1.82) is 0 Å². The van der Waals surface area contributed by atoms with E-state index in [2.05, 4.69) is 0 Å². The Bertz CT molecular complexity index is 443. The molecule has 0 amide bonds. The van der Waals surface area contributed by atoms with Crippen molar-refractivity contribution in [3.63, 3.8) is 0 Å². The van der Waals surface area contributed by atoms with Crippen LogP contribution in [0.3, 0.4) is 0 Å². The standard InChI is InChI=1S/C14H16F6/c1-4-9(2)10-6-5-7-11(8-10)12(3,13(15,16)17)14(18,19)20/h5-9H,4H2,1-3H3. The minimum atomic E-state index is -5.40. The summed E-state index contributed by atoms with van der Waals surface area (Å²) < 4.78 is 77.9. The second-order valence-electron chi connectivity index (χ2n) is 5.06. The van der Waals surface area contributed by atoms with Crippen molar-refractivity contribution in [1.82, 2.24) is 0 Å². The molecule has 0 saturated carbocycles. The monoisotopic (exact) mass is 298 g/mol. The first-order valence-corrected chi connectivity index (χ1v) is 6.19. The smallest absolute Gasteiger partial charge is 0.170 e. The molecule has 0 spiro atoms. The van der Waals surface area contributed by atoms with Gasteiger partial charge in [0.15, 0.2) is 5.41 Å². The van der Waals surface area contributed by atoms with Crippen LogP contribution in [0, 0.1) is 0 Å². The van der Waals surface area contributed by atoms with Gasteiger partial charge in [-0.25, -0.2) is 0 Å². The Balaban J connectivity index is 3.45. The van der Waals surface area contributed by atoms with Crippen LogP contribution >= 0.6 is 0 Å². The molecule has 114 valence electrons. The van der Waals surface area contributed by atoms with E-state index in [4.69, 9.17) is 0 Å². The molecule has 0 aliphatic rings. The molecule has 0 heterocycles. The largest absolute Gasteiger partial charge is 0.406 e. The second-order valence-corrected chi connectivity index (χ2v) is 5.06. The van der Waals surface area contributed by atoms with Gasteiger partial charge in [-0.15, -0.1) is 0 Å². The lowest BCUT2D eigenvalue weighted by Crippen LogP contribution is -2.51. The van der Waals surface area contributed by atoms with Crippen LogP contribution in [0.4, 0.5) is 26.3 Å². The van der Waals surface area contributed by atoms with Crippen LogP contribution in [0.1, 0.15) is 44.2 Å². The second kappa shape index (κ2) is 5.30. The lowest BCUT2D eigenvalue weighted by molar-refractivity contribution is -0.297. The van der Waals surface area contributed by atoms with Crippen LogP contribution in [-0.4, -0.2) is 12.4 Å². The van der Waals surface area contributed by atoms with Crippen molar-refractivity contribution >= 4 is 0 Å². The van der Waals surface area contributed by atoms with E-state index in [1.165, 1.54) is 6.07 Å². The lowest BCUT2D eigenvalue weighted by Gasteiger charge is -2.34. The molecule has 0 nitrogen and oxygen atoms in total. The minimum absolute atomic E-state index is 0.0966. The number of hydrogen-bond donors (Lipinski definition) is 0. The maximum absolute atomic E-state index is 13.0. The van der Waals surface area contributed by atoms with E-state index in [-0.39, 0.29) is 12.8 Å². The predicted molar refractivity (Wildman–Crippen MR) is 64.6 cm³/mol. The first-order chi connectivity index (χ1) is 8.95. The Morgan fingerprint density at radius 1 is 1.00 bits per heavy atom. The lowest BCUT2D eigenvalue weighted by atomic mass is 9.79. The van der Waals surface area contributed by atoms with E-state index in [9.17, 15) is 26.3 Å². The number of alkyl halides is 6. The van der Waals surface area contributed by atoms with Gasteiger partial charge in [0.1, 0.15) is 0 Å². The molecule has 1 rings (SSSR count). The van der Waals surface area contributed by atoms with E-state index in [0.29, 0.717) is 12.0 Å². The maximum atomic E-state index is 13.0. The summed E-state index contributed by atoms with van der Waals surface area (Å²) in [5.41, 5.74) is -4.15. The molecular formula is C14H16F6. The fourth-order valence-electron chi connectivity index (χ4n) is 1.88. The Morgan fingerprint density at radius 3 is 1.90 bits per heavy atom. The third-order valence-electron chi connectivity index (χ3n) is 3.78. The Kier molecular flexibility index (Phi) is 4.46. The molecule has 1 atom stereocenters. The molecule has 20 heavy (non-hydrogen) atoms. The highest BCUT2D eigenvalue weighted by Gasteiger charge is 2.68. The van der Waals surface area contributed by atoms with Crippen molar-refractivity contribution in [2.75, 3.05) is 0 Å². The Morgan fingerprint density at radius 2 is 1.50 bits per heavy atom. The molecule has 0 aliphatic heterocycles. The van der Waals surface area contributed by atoms with Gasteiger partial charge in [-0.1, -0.05) is 38.1 Å². The molecule has 0 radical (unpaired) electrons. The molecule has 0 aliphatic carbocycles. The summed E-state index contributed by atoms with van der Waals surface area (Å²) in [7, 11) is 0. The van der Waals surface area contributed by atoms with Crippen molar-refractivity contribution in [2.45, 2.75) is 50.9 Å². The zero-order valence-corrected chi connectivity index (χ0v) is 11.4. The van der Waals surface area contributed by atoms with Gasteiger partial charge in [0, 0.05) is 0 Å². The van der Waals surface area contributed by atoms with Crippen molar-refractivity contribution in [3.05, 3.63) is 35.4 Å². The summed E-state index contributed by atoms with van der Waals surface area (Å²) in [6.45, 7) is 3.77. The topological polar surface area (TPSA) is 0 Å². The van der Waals surface area contributed by atoms with Crippen LogP contribution in [0.5, 0.6) is 0 Å². The van der Waals surface area contributed by atoms with Gasteiger partial charge in [0.25, 0.3) is 0 Å². The minimum Gasteiger partial charge on any atom is -0.170 e. The Labute approximate surface area is 113 Å². The average Bonchev–Trinajstić information content (AvgIpc) is 2.34. The van der Waals surface area contributed by atoms with E-state index >= 15 is 0 Å². The van der Waals surface area contributed by atoms with E-state index < -0.39 is 23.3 Å². The highest BCUT2D eigenvalue weighted by molar-refractivity contribution is 5.34. The number of rotatable bonds is 3. The molecule has 1 aromatic carbocycles. The molecule has 6 heteroatoms. The van der Waals surface area contributed by atoms with E-state index in [1.54, 1.807) is 13.0 Å². The van der Waals surface area contributed by atoms with Crippen molar-refractivity contribution < 1.29 is 26.3 Å². The van der Waals surface area contributed by atoms with Crippen LogP contribution in [0.25, 0.3) is 0 Å². The van der Waals surface area contributed by atoms with Gasteiger partial charge in [0.05, 0.1) is 0 Å². The summed E-state index contributed by atoms with van der Waals surface area (Å²) in [5, 5.41) is 0. The summed E-state index contributed by atoms with van der Waals surface area (Å²) in [6.07, 6.45) is -10.2. The zero-order valence-electron chi connectivity index (χ0n) is 11.4. The van der Waals surface area contributed by atoms with Crippen LogP contribution in [0.15, 0.2) is 24.3 Å². The normalized spacial score (nSPS) is 15.2. The third kappa shape index (κ3) is 2.79. The quantitative estimate of drug-likeness (QED) is 0.639. The molecule has 1 aromatic rings. The molecule has 0 saturated heterocycles. The fraction of sp³-hybridized carbons (Fsp3) is 0.571. The summed E-state index contributed by atoms with van der Waals surface area (Å²) in [5.74, 6) is -0.0966. The van der Waals surface area contributed by atoms with Gasteiger partial charge in [0.2, 0.25) is 0 Å². The van der Waals surface area contributed by atoms with Crippen molar-refractivity contribution in [3.8, 4) is 0 Å². The number of hydrogen-bond acceptors (Lipinski definition) is 0. The highest BCUT2D eigenvalue weighted by Crippen LogP contribution is 2.51. The van der Waals surface area contributed by atoms with Crippen molar-refractivity contribution in [2.24, 2.45) is 0 Å². The molecule has 0 aromatic heterocycles. The first kappa shape index (κ1) is 16.9.